The van der Waals surface area contributed by atoms with Crippen LogP contribution < -0.4 is 0 Å². The second kappa shape index (κ2) is 11.7. The molecule has 0 fully saturated rings. The summed E-state index contributed by atoms with van der Waals surface area (Å²) in [4.78, 5) is 13.2. The number of Topliss-reactive ketones (excluding diaryl/α,β-unsaturated/α-hetero) is 1. The van der Waals surface area contributed by atoms with Crippen LogP contribution in [-0.4, -0.2) is 44.6 Å². The van der Waals surface area contributed by atoms with E-state index >= 15 is 0 Å². The van der Waals surface area contributed by atoms with Crippen molar-refractivity contribution in [2.45, 2.75) is 38.5 Å². The van der Waals surface area contributed by atoms with Gasteiger partial charge in [-0.25, -0.2) is 0 Å². The molecule has 0 atom stereocenters. The quantitative estimate of drug-likeness (QED) is 0.140. The summed E-state index contributed by atoms with van der Waals surface area (Å²) in [5.74, 6) is 1.13. The molecule has 0 bridgehead atoms. The molecule has 6 nitrogen and oxygen atoms in total. The number of aryl methyl sites for hydroxylation is 1. The molecular weight excluding hydrogens is 480 g/mol. The number of aromatic nitrogens is 4. The van der Waals surface area contributed by atoms with Crippen molar-refractivity contribution in [2.75, 3.05) is 19.5 Å². The van der Waals surface area contributed by atoms with Gasteiger partial charge in [0.2, 0.25) is 0 Å². The molecule has 2 aromatic heterocycles. The number of ketones is 1. The number of ether oxygens (including phenoxy) is 1. The summed E-state index contributed by atoms with van der Waals surface area (Å²) in [5.41, 5.74) is 4.96. The molecule has 0 aliphatic heterocycles. The van der Waals surface area contributed by atoms with Crippen LogP contribution in [0.1, 0.15) is 33.7 Å². The first-order chi connectivity index (χ1) is 17.0. The molecule has 4 rings (SSSR count). The second-order valence-corrected chi connectivity index (χ2v) is 9.76. The van der Waals surface area contributed by atoms with Crippen LogP contribution in [0.5, 0.6) is 0 Å². The van der Waals surface area contributed by atoms with Crippen LogP contribution in [0.25, 0.3) is 11.4 Å². The van der Waals surface area contributed by atoms with Crippen molar-refractivity contribution in [1.82, 2.24) is 19.3 Å². The molecule has 0 N–H and O–H groups in total. The van der Waals surface area contributed by atoms with Crippen molar-refractivity contribution >= 4 is 29.1 Å². The number of thioether (sulfide) groups is 1. The maximum Gasteiger partial charge on any atom is 0.191 e. The van der Waals surface area contributed by atoms with E-state index in [0.29, 0.717) is 23.9 Å². The van der Waals surface area contributed by atoms with Crippen molar-refractivity contribution in [2.24, 2.45) is 0 Å². The fourth-order valence-electron chi connectivity index (χ4n) is 4.08. The molecule has 0 saturated heterocycles. The van der Waals surface area contributed by atoms with E-state index in [1.165, 1.54) is 17.3 Å². The third-order valence-electron chi connectivity index (χ3n) is 5.94. The molecule has 35 heavy (non-hydrogen) atoms. The lowest BCUT2D eigenvalue weighted by molar-refractivity contribution is 0.102. The Balaban J connectivity index is 1.51. The lowest BCUT2D eigenvalue weighted by Gasteiger charge is -2.11. The van der Waals surface area contributed by atoms with Crippen molar-refractivity contribution in [3.63, 3.8) is 0 Å². The van der Waals surface area contributed by atoms with Gasteiger partial charge in [0.15, 0.2) is 16.8 Å². The minimum atomic E-state index is 0.0851. The first-order valence-electron chi connectivity index (χ1n) is 11.5. The number of nitrogens with zero attached hydrogens (tertiary/aromatic N) is 4. The molecule has 0 unspecified atom stereocenters. The largest absolute Gasteiger partial charge is 0.385 e. The highest BCUT2D eigenvalue weighted by Gasteiger charge is 2.19. The molecule has 0 aliphatic rings. The fourth-order valence-corrected chi connectivity index (χ4v) is 5.05. The Hall–Kier alpha value is -2.87. The highest BCUT2D eigenvalue weighted by Crippen LogP contribution is 2.27. The summed E-state index contributed by atoms with van der Waals surface area (Å²) in [7, 11) is 1.69. The summed E-state index contributed by atoms with van der Waals surface area (Å²) < 4.78 is 9.48. The molecule has 182 valence electrons. The van der Waals surface area contributed by atoms with E-state index in [0.717, 1.165) is 46.5 Å². The van der Waals surface area contributed by atoms with E-state index in [9.17, 15) is 4.79 Å². The Kier molecular flexibility index (Phi) is 8.44. The number of carbonyl (C=O) groups excluding carboxylic acids is 1. The summed E-state index contributed by atoms with van der Waals surface area (Å²) in [6, 6.07) is 19.8. The zero-order valence-electron chi connectivity index (χ0n) is 20.2. The van der Waals surface area contributed by atoms with Crippen LogP contribution >= 0.6 is 23.4 Å². The predicted molar refractivity (Wildman–Crippen MR) is 141 cm³/mol. The highest BCUT2D eigenvalue weighted by atomic mass is 35.5. The maximum absolute atomic E-state index is 13.2. The van der Waals surface area contributed by atoms with Crippen LogP contribution in [0.3, 0.4) is 0 Å². The van der Waals surface area contributed by atoms with Crippen molar-refractivity contribution in [3.05, 3.63) is 88.2 Å². The zero-order valence-corrected chi connectivity index (χ0v) is 21.8. The molecule has 4 aromatic rings. The molecule has 0 saturated carbocycles. The first-order valence-corrected chi connectivity index (χ1v) is 12.9. The number of halogens is 1. The average molecular weight is 509 g/mol. The standard InChI is InChI=1S/C27H29ClN4O2S/c1-19-16-24(20(2)32(19)17-21-8-5-4-6-9-21)25(33)18-35-27-30-29-26(31(27)14-7-15-34-3)22-10-12-23(28)13-11-22/h4-6,8-13,16H,7,14-15,17-18H2,1-3H3. The molecule has 0 aliphatic carbocycles. The van der Waals surface area contributed by atoms with E-state index in [1.54, 1.807) is 7.11 Å². The van der Waals surface area contributed by atoms with E-state index in [-0.39, 0.29) is 5.78 Å². The van der Waals surface area contributed by atoms with Gasteiger partial charge in [0.25, 0.3) is 0 Å². The van der Waals surface area contributed by atoms with Gasteiger partial charge in [-0.05, 0) is 56.2 Å². The lowest BCUT2D eigenvalue weighted by atomic mass is 10.2. The highest BCUT2D eigenvalue weighted by molar-refractivity contribution is 7.99. The van der Waals surface area contributed by atoms with Crippen LogP contribution in [-0.2, 0) is 17.8 Å². The minimum Gasteiger partial charge on any atom is -0.385 e. The fraction of sp³-hybridized carbons (Fsp3) is 0.296. The van der Waals surface area contributed by atoms with Crippen LogP contribution in [0.2, 0.25) is 5.02 Å². The van der Waals surface area contributed by atoms with Gasteiger partial charge in [-0.3, -0.25) is 4.79 Å². The summed E-state index contributed by atoms with van der Waals surface area (Å²) in [6.45, 7) is 6.14. The van der Waals surface area contributed by atoms with Crippen LogP contribution in [0.4, 0.5) is 0 Å². The Morgan fingerprint density at radius 2 is 1.77 bits per heavy atom. The monoisotopic (exact) mass is 508 g/mol. The molecule has 0 radical (unpaired) electrons. The van der Waals surface area contributed by atoms with E-state index in [4.69, 9.17) is 16.3 Å². The Bertz CT molecular complexity index is 1280. The van der Waals surface area contributed by atoms with E-state index < -0.39 is 0 Å². The second-order valence-electron chi connectivity index (χ2n) is 8.38. The average Bonchev–Trinajstić information content (AvgIpc) is 3.39. The van der Waals surface area contributed by atoms with Crippen LogP contribution in [0, 0.1) is 13.8 Å². The SMILES string of the molecule is COCCCn1c(SCC(=O)c2cc(C)n(Cc3ccccc3)c2C)nnc1-c1ccc(Cl)cc1. The van der Waals surface area contributed by atoms with Gasteiger partial charge in [0.1, 0.15) is 0 Å². The molecule has 2 heterocycles. The third-order valence-corrected chi connectivity index (χ3v) is 7.16. The molecule has 0 spiro atoms. The number of rotatable bonds is 11. The lowest BCUT2D eigenvalue weighted by Crippen LogP contribution is -2.09. The topological polar surface area (TPSA) is 61.9 Å². The van der Waals surface area contributed by atoms with Gasteiger partial charge >= 0.3 is 0 Å². The Morgan fingerprint density at radius 3 is 2.49 bits per heavy atom. The van der Waals surface area contributed by atoms with Gasteiger partial charge in [-0.15, -0.1) is 10.2 Å². The number of methoxy groups -OCH3 is 1. The van der Waals surface area contributed by atoms with Gasteiger partial charge in [0, 0.05) is 54.3 Å². The summed E-state index contributed by atoms with van der Waals surface area (Å²) >= 11 is 7.48. The van der Waals surface area contributed by atoms with E-state index in [1.807, 2.05) is 62.4 Å². The molecular formula is C27H29ClN4O2S. The summed E-state index contributed by atoms with van der Waals surface area (Å²) in [6.07, 6.45) is 0.817. The number of carbonyl (C=O) groups is 1. The Morgan fingerprint density at radius 1 is 1.03 bits per heavy atom. The number of hydrogen-bond acceptors (Lipinski definition) is 5. The van der Waals surface area contributed by atoms with Gasteiger partial charge in [0.05, 0.1) is 5.75 Å². The smallest absolute Gasteiger partial charge is 0.191 e. The maximum atomic E-state index is 13.2. The Labute approximate surface area is 215 Å². The van der Waals surface area contributed by atoms with Gasteiger partial charge in [-0.2, -0.15) is 0 Å². The van der Waals surface area contributed by atoms with Crippen molar-refractivity contribution < 1.29 is 9.53 Å². The van der Waals surface area contributed by atoms with E-state index in [2.05, 4.69) is 31.5 Å². The summed E-state index contributed by atoms with van der Waals surface area (Å²) in [5, 5.41) is 10.2. The molecule has 2 aromatic carbocycles. The van der Waals surface area contributed by atoms with Crippen molar-refractivity contribution in [3.8, 4) is 11.4 Å². The predicted octanol–water partition coefficient (Wildman–Crippen LogP) is 6.08. The number of hydrogen-bond donors (Lipinski definition) is 0. The van der Waals surface area contributed by atoms with Crippen molar-refractivity contribution in [1.29, 1.82) is 0 Å². The number of benzene rings is 2. The molecule has 0 amide bonds. The molecule has 8 heteroatoms. The van der Waals surface area contributed by atoms with Gasteiger partial charge < -0.3 is 13.9 Å². The van der Waals surface area contributed by atoms with Crippen LogP contribution in [0.15, 0.2) is 65.8 Å². The normalized spacial score (nSPS) is 11.2. The minimum absolute atomic E-state index is 0.0851. The first kappa shape index (κ1) is 25.2. The zero-order chi connectivity index (χ0) is 24.8. The van der Waals surface area contributed by atoms with Gasteiger partial charge in [-0.1, -0.05) is 53.7 Å². The third kappa shape index (κ3) is 6.04.